The van der Waals surface area contributed by atoms with Crippen molar-refractivity contribution in [3.63, 3.8) is 0 Å². The fraction of sp³-hybridized carbons (Fsp3) is 0.949. The predicted octanol–water partition coefficient (Wildman–Crippen LogP) is -11.9. The second-order valence-corrected chi connectivity index (χ2v) is 17.5. The maximum absolute atomic E-state index is 11.6. The first-order valence-corrected chi connectivity index (χ1v) is 22.4. The first-order chi connectivity index (χ1) is 33.5. The van der Waals surface area contributed by atoms with Gasteiger partial charge in [0, 0.05) is 0 Å². The van der Waals surface area contributed by atoms with Crippen molar-refractivity contribution in [3.05, 3.63) is 12.7 Å². The molecule has 31 heteroatoms. The highest BCUT2D eigenvalue weighted by atomic mass is 17.2. The van der Waals surface area contributed by atoms with Crippen molar-refractivity contribution in [3.8, 4) is 0 Å². The zero-order valence-electron chi connectivity index (χ0n) is 36.9. The van der Waals surface area contributed by atoms with Crippen molar-refractivity contribution in [1.82, 2.24) is 0 Å². The third-order valence-electron chi connectivity index (χ3n) is 13.0. The average molecular weight is 1030 g/mol. The van der Waals surface area contributed by atoms with Crippen molar-refractivity contribution >= 4 is 0 Å². The van der Waals surface area contributed by atoms with Crippen LogP contribution in [0.15, 0.2) is 12.7 Å². The third-order valence-corrected chi connectivity index (χ3v) is 13.0. The Morgan fingerprint density at radius 2 is 0.514 bits per heavy atom. The van der Waals surface area contributed by atoms with Gasteiger partial charge in [-0.3, -0.25) is 0 Å². The van der Waals surface area contributed by atoms with Crippen LogP contribution in [0, 0.1) is 0 Å². The third kappa shape index (κ3) is 11.2. The van der Waals surface area contributed by atoms with Gasteiger partial charge in [-0.15, -0.1) is 6.58 Å². The summed E-state index contributed by atoms with van der Waals surface area (Å²) in [6.07, 6.45) is -56.8. The fourth-order valence-electron chi connectivity index (χ4n) is 9.19. The molecule has 0 unspecified atom stereocenters. The number of hydrogen-bond acceptors (Lipinski definition) is 31. The Morgan fingerprint density at radius 3 is 0.743 bits per heavy atom. The first-order valence-electron chi connectivity index (χ1n) is 22.4. The van der Waals surface area contributed by atoms with Crippen LogP contribution >= 0.6 is 0 Å². The van der Waals surface area contributed by atoms with E-state index in [9.17, 15) is 86.8 Å². The minimum absolute atomic E-state index is 0.311. The van der Waals surface area contributed by atoms with E-state index in [4.69, 9.17) is 66.6 Å². The van der Waals surface area contributed by atoms with Crippen LogP contribution < -0.4 is 0 Å². The number of ether oxygens (including phenoxy) is 12. The molecule has 0 spiro atoms. The van der Waals surface area contributed by atoms with Gasteiger partial charge >= 0.3 is 0 Å². The predicted molar refractivity (Wildman–Crippen MR) is 211 cm³/mol. The van der Waals surface area contributed by atoms with Crippen LogP contribution in [0.3, 0.4) is 0 Å². The summed E-state index contributed by atoms with van der Waals surface area (Å²) in [6, 6.07) is 0. The minimum atomic E-state index is -2.15. The molecule has 17 N–H and O–H groups in total. The van der Waals surface area contributed by atoms with Gasteiger partial charge in [0.25, 0.3) is 0 Å². The molecule has 0 amide bonds. The average Bonchev–Trinajstić information content (AvgIpc) is 3.35. The van der Waals surface area contributed by atoms with Gasteiger partial charge in [0.2, 0.25) is 0 Å². The van der Waals surface area contributed by atoms with Gasteiger partial charge in [-0.25, -0.2) is 9.78 Å². The lowest BCUT2D eigenvalue weighted by atomic mass is 9.94. The van der Waals surface area contributed by atoms with Gasteiger partial charge in [0.15, 0.2) is 43.8 Å². The topological polar surface area (TPSA) is 473 Å². The summed E-state index contributed by atoms with van der Waals surface area (Å²) in [5.74, 6) is 0. The van der Waals surface area contributed by atoms with E-state index in [0.717, 1.165) is 0 Å². The molecule has 12 bridgehead atoms. The Kier molecular flexibility index (Phi) is 19.6. The molecule has 22 saturated heterocycles. The second-order valence-electron chi connectivity index (χ2n) is 17.5. The van der Waals surface area contributed by atoms with Crippen LogP contribution in [0.5, 0.6) is 0 Å². The summed E-state index contributed by atoms with van der Waals surface area (Å²) in [6.45, 7) is -2.80. The Hall–Kier alpha value is -1.50. The Labute approximate surface area is 396 Å². The summed E-state index contributed by atoms with van der Waals surface area (Å²) in [5.41, 5.74) is 0. The van der Waals surface area contributed by atoms with E-state index in [1.165, 1.54) is 6.08 Å². The van der Waals surface area contributed by atoms with Gasteiger partial charge in [0.1, 0.15) is 147 Å². The molecule has 0 aromatic heterocycles. The van der Waals surface area contributed by atoms with Crippen LogP contribution in [0.2, 0.25) is 0 Å². The van der Waals surface area contributed by atoms with Gasteiger partial charge in [-0.1, -0.05) is 6.08 Å². The molecule has 406 valence electrons. The molecule has 22 aliphatic rings. The van der Waals surface area contributed by atoms with E-state index in [0.29, 0.717) is 0 Å². The zero-order chi connectivity index (χ0) is 50.9. The molecular formula is C39H64O31. The number of aliphatic hydroxyl groups is 17. The molecule has 22 aliphatic heterocycles. The fourth-order valence-corrected chi connectivity index (χ4v) is 9.19. The molecule has 0 saturated carbocycles. The lowest BCUT2D eigenvalue weighted by Gasteiger charge is -2.50. The van der Waals surface area contributed by atoms with Crippen LogP contribution in [-0.4, -0.2) is 317 Å². The molecule has 31 nitrogen and oxygen atoms in total. The molecule has 70 heavy (non-hydrogen) atoms. The summed E-state index contributed by atoms with van der Waals surface area (Å²) < 4.78 is 68.9. The molecule has 30 atom stereocenters. The summed E-state index contributed by atoms with van der Waals surface area (Å²) >= 11 is 0. The van der Waals surface area contributed by atoms with E-state index < -0.39 is 224 Å². The van der Waals surface area contributed by atoms with Crippen molar-refractivity contribution in [1.29, 1.82) is 0 Å². The molecule has 22 rings (SSSR count). The molecule has 0 radical (unpaired) electrons. The highest BCUT2D eigenvalue weighted by Crippen LogP contribution is 2.38. The van der Waals surface area contributed by atoms with Crippen molar-refractivity contribution in [2.75, 3.05) is 46.2 Å². The van der Waals surface area contributed by atoms with Crippen LogP contribution in [0.4, 0.5) is 0 Å². The van der Waals surface area contributed by atoms with E-state index in [-0.39, 0.29) is 6.61 Å². The molecule has 0 aromatic rings. The van der Waals surface area contributed by atoms with Gasteiger partial charge in [-0.2, -0.15) is 0 Å². The van der Waals surface area contributed by atoms with E-state index in [2.05, 4.69) is 6.58 Å². The molecule has 0 aromatic carbocycles. The maximum atomic E-state index is 11.6. The van der Waals surface area contributed by atoms with E-state index >= 15 is 0 Å². The Bertz CT molecular complexity index is 1610. The summed E-state index contributed by atoms with van der Waals surface area (Å²) in [4.78, 5) is 10.5. The standard InChI is InChI=1S/C39H64O31/c1-2-3-57-70-33-26(56)39-63-15(9-45)32(33)69-38-25(55)20(50)30(13(7-43)62-38)67-36-23(53)18(48)28(11(5-41)60-36)65-34-21(51)16(46)27(10(4-40)58-34)64-35-22(52)17(47)29(12(6-42)59-35)66-37-24(54)19(49)31(68-39)14(8-44)61-37/h2,10-56H,1,3-9H2/t10-,11-,12-,13-,14-,15-,16-,17-,18-,19-,20-,21-,22-,23-,24-,25-,26-,27-,28-,29-,30-,31-,32+,33-,34-,35-,36-,37-,38-,39-/m1/s1. The van der Waals surface area contributed by atoms with Crippen LogP contribution in [0.25, 0.3) is 0 Å². The minimum Gasteiger partial charge on any atom is -0.394 e. The lowest BCUT2D eigenvalue weighted by Crippen LogP contribution is -2.69. The van der Waals surface area contributed by atoms with E-state index in [1.807, 2.05) is 0 Å². The quantitative estimate of drug-likeness (QED) is 0.0418. The smallest absolute Gasteiger partial charge is 0.187 e. The number of hydrogen-bond donors (Lipinski definition) is 17. The second kappa shape index (κ2) is 24.4. The summed E-state index contributed by atoms with van der Waals surface area (Å²) in [5, 5.41) is 187. The van der Waals surface area contributed by atoms with Crippen molar-refractivity contribution in [2.45, 2.75) is 184 Å². The van der Waals surface area contributed by atoms with Crippen LogP contribution in [-0.2, 0) is 66.6 Å². The molecule has 0 aliphatic carbocycles. The molecular weight excluding hydrogens is 964 g/mol. The number of rotatable bonds is 10. The first kappa shape index (κ1) is 56.2. The SMILES string of the molecule is C=CCOO[C@@H]1[C@@H](O)[C@H]2O[C@H]3[C@H](O)[C@@H](O)[C@@H](O[C@H]4[C@H](O)[C@@H](O)[C@@H](O[C@H]5[C@H](O)[C@@H](O)[C@@H](O[C@H]6[C@H](O)[C@@H](O)[C@@H](O[C@H]7[C@H](O)[C@@H](O)[C@@H](O[C@H]1[C@@H](CO)O2)O[C@@H]7CO)O[C@@H]6CO)O[C@@H]5CO)O[C@@H]4CO)O[C@@H]3CO. The Morgan fingerprint density at radius 1 is 0.300 bits per heavy atom. The molecule has 22 heterocycles. The monoisotopic (exact) mass is 1030 g/mol. The summed E-state index contributed by atoms with van der Waals surface area (Å²) in [7, 11) is 0. The van der Waals surface area contributed by atoms with Gasteiger partial charge < -0.3 is 144 Å². The molecule has 22 fully saturated rings. The van der Waals surface area contributed by atoms with E-state index in [1.54, 1.807) is 0 Å². The number of aliphatic hydroxyl groups excluding tert-OH is 17. The highest BCUT2D eigenvalue weighted by molar-refractivity contribution is 5.01. The lowest BCUT2D eigenvalue weighted by molar-refractivity contribution is -0.428. The van der Waals surface area contributed by atoms with Crippen molar-refractivity contribution in [2.24, 2.45) is 0 Å². The van der Waals surface area contributed by atoms with Gasteiger partial charge in [-0.05, 0) is 0 Å². The highest BCUT2D eigenvalue weighted by Gasteiger charge is 2.59. The maximum Gasteiger partial charge on any atom is 0.187 e. The zero-order valence-corrected chi connectivity index (χ0v) is 36.9. The van der Waals surface area contributed by atoms with Gasteiger partial charge in [0.05, 0.1) is 39.6 Å². The largest absolute Gasteiger partial charge is 0.394 e. The normalized spacial score (nSPS) is 52.8. The van der Waals surface area contributed by atoms with Crippen molar-refractivity contribution < 1.29 is 153 Å². The van der Waals surface area contributed by atoms with Crippen LogP contribution in [0.1, 0.15) is 0 Å². The Balaban J connectivity index is 1.21.